The first kappa shape index (κ1) is 13.4. The molecule has 1 aromatic carbocycles. The zero-order valence-corrected chi connectivity index (χ0v) is 12.0. The van der Waals surface area contributed by atoms with Crippen LogP contribution in [-0.2, 0) is 0 Å². The number of carbonyl (C=O) groups is 1. The largest absolute Gasteiger partial charge is 0.289 e. The van der Waals surface area contributed by atoms with Gasteiger partial charge in [0.15, 0.2) is 5.78 Å². The topological polar surface area (TPSA) is 42.9 Å². The van der Waals surface area contributed by atoms with Crippen molar-refractivity contribution in [2.24, 2.45) is 0 Å². The smallest absolute Gasteiger partial charge is 0.187 e. The van der Waals surface area contributed by atoms with Crippen molar-refractivity contribution in [2.45, 2.75) is 0 Å². The molecular weight excluding hydrogens is 280 g/mol. The van der Waals surface area contributed by atoms with Crippen LogP contribution < -0.4 is 0 Å². The van der Waals surface area contributed by atoms with Gasteiger partial charge in [0, 0.05) is 34.6 Å². The Hall–Kier alpha value is -2.59. The van der Waals surface area contributed by atoms with Gasteiger partial charge < -0.3 is 0 Å². The number of carbonyl (C=O) groups excluding carboxylic acids is 1. The maximum Gasteiger partial charge on any atom is 0.187 e. The number of hydrogen-bond acceptors (Lipinski definition) is 4. The fraction of sp³-hybridized carbons (Fsp3) is 0. The molecule has 0 N–H and O–H groups in total. The second-order valence-corrected chi connectivity index (χ2v) is 5.44. The van der Waals surface area contributed by atoms with Gasteiger partial charge in [-0.05, 0) is 24.3 Å². The number of rotatable bonds is 4. The fourth-order valence-electron chi connectivity index (χ4n) is 1.84. The van der Waals surface area contributed by atoms with Gasteiger partial charge in [-0.3, -0.25) is 9.78 Å². The van der Waals surface area contributed by atoms with Crippen LogP contribution in [0.3, 0.4) is 0 Å². The van der Waals surface area contributed by atoms with Crippen molar-refractivity contribution in [3.8, 4) is 10.6 Å². The Kier molecular flexibility index (Phi) is 3.98. The molecule has 2 aromatic heterocycles. The molecule has 0 spiro atoms. The van der Waals surface area contributed by atoms with Crippen molar-refractivity contribution < 1.29 is 4.79 Å². The van der Waals surface area contributed by atoms with Crippen LogP contribution in [0.2, 0.25) is 0 Å². The average Bonchev–Trinajstić information content (AvgIpc) is 3.03. The molecule has 0 saturated heterocycles. The Morgan fingerprint density at radius 3 is 2.67 bits per heavy atom. The molecule has 0 radical (unpaired) electrons. The molecule has 0 aliphatic carbocycles. The average molecular weight is 292 g/mol. The van der Waals surface area contributed by atoms with E-state index >= 15 is 0 Å². The van der Waals surface area contributed by atoms with Crippen molar-refractivity contribution in [1.82, 2.24) is 9.97 Å². The van der Waals surface area contributed by atoms with E-state index in [1.807, 2.05) is 30.3 Å². The number of nitrogens with zero attached hydrogens (tertiary/aromatic N) is 2. The molecule has 3 nitrogen and oxygen atoms in total. The molecule has 0 unspecified atom stereocenters. The molecule has 3 aromatic rings. The minimum absolute atomic E-state index is 0.0576. The van der Waals surface area contributed by atoms with Crippen LogP contribution in [0.25, 0.3) is 16.6 Å². The summed E-state index contributed by atoms with van der Waals surface area (Å²) in [6.45, 7) is 0. The van der Waals surface area contributed by atoms with E-state index in [-0.39, 0.29) is 5.78 Å². The number of ketones is 1. The maximum absolute atomic E-state index is 12.0. The zero-order valence-electron chi connectivity index (χ0n) is 11.1. The van der Waals surface area contributed by atoms with Gasteiger partial charge in [-0.25, -0.2) is 4.98 Å². The van der Waals surface area contributed by atoms with Crippen LogP contribution in [0.1, 0.15) is 15.2 Å². The summed E-state index contributed by atoms with van der Waals surface area (Å²) in [6.07, 6.45) is 8.34. The standard InChI is InChI=1S/C17H12N2OS/c20-16(14-7-4-10-18-11-14)9-8-15-12-19-17(21-15)13-5-2-1-3-6-13/h1-12H. The number of aromatic nitrogens is 2. The van der Waals surface area contributed by atoms with E-state index in [4.69, 9.17) is 0 Å². The highest BCUT2D eigenvalue weighted by atomic mass is 32.1. The second kappa shape index (κ2) is 6.24. The molecule has 4 heteroatoms. The van der Waals surface area contributed by atoms with Crippen LogP contribution in [0, 0.1) is 0 Å². The highest BCUT2D eigenvalue weighted by Crippen LogP contribution is 2.25. The Balaban J connectivity index is 1.76. The summed E-state index contributed by atoms with van der Waals surface area (Å²) in [4.78, 5) is 21.2. The Bertz CT molecular complexity index is 764. The summed E-state index contributed by atoms with van der Waals surface area (Å²) in [7, 11) is 0. The van der Waals surface area contributed by atoms with E-state index in [1.165, 1.54) is 0 Å². The highest BCUT2D eigenvalue weighted by molar-refractivity contribution is 7.15. The van der Waals surface area contributed by atoms with Gasteiger partial charge in [-0.15, -0.1) is 11.3 Å². The van der Waals surface area contributed by atoms with Crippen LogP contribution in [-0.4, -0.2) is 15.8 Å². The van der Waals surface area contributed by atoms with Crippen LogP contribution in [0.4, 0.5) is 0 Å². The molecule has 2 heterocycles. The van der Waals surface area contributed by atoms with E-state index in [9.17, 15) is 4.79 Å². The lowest BCUT2D eigenvalue weighted by atomic mass is 10.2. The molecule has 0 aliphatic heterocycles. The van der Waals surface area contributed by atoms with Crippen LogP contribution in [0.15, 0.2) is 67.1 Å². The summed E-state index contributed by atoms with van der Waals surface area (Å²) >= 11 is 1.56. The zero-order chi connectivity index (χ0) is 14.5. The van der Waals surface area contributed by atoms with E-state index in [2.05, 4.69) is 9.97 Å². The van der Waals surface area contributed by atoms with Crippen LogP contribution >= 0.6 is 11.3 Å². The first-order valence-electron chi connectivity index (χ1n) is 6.46. The van der Waals surface area contributed by atoms with Gasteiger partial charge in [0.05, 0.1) is 0 Å². The third kappa shape index (κ3) is 3.30. The van der Waals surface area contributed by atoms with Gasteiger partial charge in [0.25, 0.3) is 0 Å². The summed E-state index contributed by atoms with van der Waals surface area (Å²) < 4.78 is 0. The van der Waals surface area contributed by atoms with Crippen LogP contribution in [0.5, 0.6) is 0 Å². The summed E-state index contributed by atoms with van der Waals surface area (Å²) in [6, 6.07) is 13.5. The molecule has 0 fully saturated rings. The summed E-state index contributed by atoms with van der Waals surface area (Å²) in [5, 5.41) is 0.948. The quantitative estimate of drug-likeness (QED) is 0.537. The molecule has 3 rings (SSSR count). The molecule has 102 valence electrons. The van der Waals surface area contributed by atoms with Crippen molar-refractivity contribution >= 4 is 23.2 Å². The predicted octanol–water partition coefficient (Wildman–Crippen LogP) is 4.10. The van der Waals surface area contributed by atoms with Crippen molar-refractivity contribution in [3.63, 3.8) is 0 Å². The molecule has 21 heavy (non-hydrogen) atoms. The lowest BCUT2D eigenvalue weighted by Gasteiger charge is -1.93. The predicted molar refractivity (Wildman–Crippen MR) is 85.2 cm³/mol. The number of hydrogen-bond donors (Lipinski definition) is 0. The van der Waals surface area contributed by atoms with Gasteiger partial charge in [0.1, 0.15) is 5.01 Å². The molecule has 0 aliphatic rings. The lowest BCUT2D eigenvalue weighted by Crippen LogP contribution is -1.93. The van der Waals surface area contributed by atoms with Gasteiger partial charge in [-0.2, -0.15) is 0 Å². The molecule has 0 atom stereocenters. The molecule has 0 saturated carbocycles. The summed E-state index contributed by atoms with van der Waals surface area (Å²) in [5.74, 6) is -0.0576. The normalized spacial score (nSPS) is 10.9. The Morgan fingerprint density at radius 1 is 1.05 bits per heavy atom. The van der Waals surface area contributed by atoms with Gasteiger partial charge in [0.2, 0.25) is 0 Å². The number of thiazole rings is 1. The molecule has 0 bridgehead atoms. The van der Waals surface area contributed by atoms with Crippen molar-refractivity contribution in [1.29, 1.82) is 0 Å². The summed E-state index contributed by atoms with van der Waals surface area (Å²) in [5.41, 5.74) is 1.67. The maximum atomic E-state index is 12.0. The molecule has 0 amide bonds. The van der Waals surface area contributed by atoms with E-state index in [1.54, 1.807) is 54.2 Å². The number of allylic oxidation sites excluding steroid dienone is 1. The van der Waals surface area contributed by atoms with Crippen molar-refractivity contribution in [3.05, 3.63) is 77.6 Å². The second-order valence-electron chi connectivity index (χ2n) is 4.37. The van der Waals surface area contributed by atoms with E-state index < -0.39 is 0 Å². The Morgan fingerprint density at radius 2 is 1.90 bits per heavy atom. The third-order valence-electron chi connectivity index (χ3n) is 2.89. The highest BCUT2D eigenvalue weighted by Gasteiger charge is 2.04. The fourth-order valence-corrected chi connectivity index (χ4v) is 2.66. The van der Waals surface area contributed by atoms with Gasteiger partial charge >= 0.3 is 0 Å². The SMILES string of the molecule is O=C(C=Cc1cnc(-c2ccccc2)s1)c1cccnc1. The monoisotopic (exact) mass is 292 g/mol. The minimum Gasteiger partial charge on any atom is -0.289 e. The first-order chi connectivity index (χ1) is 10.3. The van der Waals surface area contributed by atoms with Crippen molar-refractivity contribution in [2.75, 3.05) is 0 Å². The minimum atomic E-state index is -0.0576. The molecular formula is C17H12N2OS. The number of benzene rings is 1. The Labute approximate surface area is 126 Å². The van der Waals surface area contributed by atoms with E-state index in [0.29, 0.717) is 5.56 Å². The first-order valence-corrected chi connectivity index (χ1v) is 7.28. The third-order valence-corrected chi connectivity index (χ3v) is 3.90. The number of pyridine rings is 1. The van der Waals surface area contributed by atoms with Gasteiger partial charge in [-0.1, -0.05) is 30.3 Å². The lowest BCUT2D eigenvalue weighted by molar-refractivity contribution is 0.104. The van der Waals surface area contributed by atoms with E-state index in [0.717, 1.165) is 15.4 Å².